The molecule has 2 rings (SSSR count). The summed E-state index contributed by atoms with van der Waals surface area (Å²) in [5.74, 6) is -0.710. The lowest BCUT2D eigenvalue weighted by molar-refractivity contribution is -0.143. The van der Waals surface area contributed by atoms with Gasteiger partial charge in [0.25, 0.3) is 0 Å². The fourth-order valence-electron chi connectivity index (χ4n) is 3.66. The number of halogens is 3. The molecule has 184 valence electrons. The summed E-state index contributed by atoms with van der Waals surface area (Å²) in [6, 6.07) is 11.4. The molecular formula is C26H31F3N2O3. The average molecular weight is 477 g/mol. The number of benzene rings is 2. The van der Waals surface area contributed by atoms with Crippen LogP contribution in [-0.2, 0) is 20.5 Å². The van der Waals surface area contributed by atoms with Gasteiger partial charge in [-0.15, -0.1) is 0 Å². The third-order valence-electron chi connectivity index (χ3n) is 5.71. The van der Waals surface area contributed by atoms with Crippen molar-refractivity contribution in [2.24, 2.45) is 5.92 Å². The van der Waals surface area contributed by atoms with Gasteiger partial charge < -0.3 is 9.64 Å². The largest absolute Gasteiger partial charge is 0.466 e. The standard InChI is InChI=1S/C26H31F3N2O3/c1-4-18(5-2)16-23(32)31(15-14-24(33)34-6-3)22-13-12-20(26(27,28)29)17-21(22)25(30)19-10-8-7-9-11-19/h7-13,17-18,30H,4-6,14-16H2,1-3H3. The van der Waals surface area contributed by atoms with E-state index in [4.69, 9.17) is 10.1 Å². The van der Waals surface area contributed by atoms with Crippen molar-refractivity contribution in [1.29, 1.82) is 5.41 Å². The second-order valence-corrected chi connectivity index (χ2v) is 7.96. The van der Waals surface area contributed by atoms with Gasteiger partial charge in [0.15, 0.2) is 0 Å². The van der Waals surface area contributed by atoms with Crippen molar-refractivity contribution in [3.63, 3.8) is 0 Å². The molecule has 0 aliphatic heterocycles. The minimum absolute atomic E-state index is 0.0252. The number of hydrogen-bond donors (Lipinski definition) is 1. The molecule has 2 aromatic rings. The van der Waals surface area contributed by atoms with Gasteiger partial charge in [-0.05, 0) is 31.0 Å². The van der Waals surface area contributed by atoms with E-state index in [2.05, 4.69) is 0 Å². The fourth-order valence-corrected chi connectivity index (χ4v) is 3.66. The number of carbonyl (C=O) groups excluding carboxylic acids is 2. The quantitative estimate of drug-likeness (QED) is 0.309. The summed E-state index contributed by atoms with van der Waals surface area (Å²) in [4.78, 5) is 26.6. The van der Waals surface area contributed by atoms with Crippen molar-refractivity contribution in [2.75, 3.05) is 18.1 Å². The highest BCUT2D eigenvalue weighted by Crippen LogP contribution is 2.34. The highest BCUT2D eigenvalue weighted by molar-refractivity contribution is 6.15. The first-order valence-electron chi connectivity index (χ1n) is 11.4. The number of ether oxygens (including phenoxy) is 1. The first kappa shape index (κ1) is 27.1. The summed E-state index contributed by atoms with van der Waals surface area (Å²) in [5.41, 5.74) is -0.492. The number of alkyl halides is 3. The van der Waals surface area contributed by atoms with Gasteiger partial charge in [-0.3, -0.25) is 15.0 Å². The Morgan fingerprint density at radius 2 is 1.68 bits per heavy atom. The van der Waals surface area contributed by atoms with E-state index in [1.165, 1.54) is 11.0 Å². The van der Waals surface area contributed by atoms with Crippen LogP contribution >= 0.6 is 0 Å². The van der Waals surface area contributed by atoms with Crippen LogP contribution in [0.5, 0.6) is 0 Å². The van der Waals surface area contributed by atoms with Crippen LogP contribution < -0.4 is 4.90 Å². The fraction of sp³-hybridized carbons (Fsp3) is 0.423. The summed E-state index contributed by atoms with van der Waals surface area (Å²) in [6.07, 6.45) is -2.99. The molecule has 5 nitrogen and oxygen atoms in total. The molecule has 8 heteroatoms. The van der Waals surface area contributed by atoms with Crippen LogP contribution in [0.1, 0.15) is 63.1 Å². The van der Waals surface area contributed by atoms with Crippen LogP contribution in [-0.4, -0.2) is 30.7 Å². The Morgan fingerprint density at radius 1 is 1.03 bits per heavy atom. The van der Waals surface area contributed by atoms with Gasteiger partial charge in [-0.2, -0.15) is 13.2 Å². The van der Waals surface area contributed by atoms with E-state index in [9.17, 15) is 22.8 Å². The number of esters is 1. The number of hydrogen-bond acceptors (Lipinski definition) is 4. The van der Waals surface area contributed by atoms with Crippen LogP contribution in [0.4, 0.5) is 18.9 Å². The molecule has 0 aliphatic rings. The number of carbonyl (C=O) groups is 2. The summed E-state index contributed by atoms with van der Waals surface area (Å²) in [7, 11) is 0. The van der Waals surface area contributed by atoms with E-state index < -0.39 is 17.7 Å². The number of nitrogens with one attached hydrogen (secondary N) is 1. The molecular weight excluding hydrogens is 445 g/mol. The van der Waals surface area contributed by atoms with Gasteiger partial charge in [0.1, 0.15) is 0 Å². The summed E-state index contributed by atoms with van der Waals surface area (Å²) < 4.78 is 45.5. The first-order valence-corrected chi connectivity index (χ1v) is 11.4. The monoisotopic (exact) mass is 476 g/mol. The Morgan fingerprint density at radius 3 is 2.24 bits per heavy atom. The van der Waals surface area contributed by atoms with Crippen molar-refractivity contribution in [3.8, 4) is 0 Å². The summed E-state index contributed by atoms with van der Waals surface area (Å²) in [6.45, 7) is 5.74. The predicted molar refractivity (Wildman–Crippen MR) is 126 cm³/mol. The SMILES string of the molecule is CCOC(=O)CCN(C(=O)CC(CC)CC)c1ccc(C(F)(F)F)cc1C(=N)c1ccccc1. The highest BCUT2D eigenvalue weighted by Gasteiger charge is 2.33. The smallest absolute Gasteiger partial charge is 0.416 e. The Hall–Kier alpha value is -3.16. The number of rotatable bonds is 11. The van der Waals surface area contributed by atoms with Crippen molar-refractivity contribution in [1.82, 2.24) is 0 Å². The molecule has 1 N–H and O–H groups in total. The van der Waals surface area contributed by atoms with Crippen molar-refractivity contribution in [3.05, 3.63) is 65.2 Å². The number of amides is 1. The van der Waals surface area contributed by atoms with Crippen LogP contribution in [0.15, 0.2) is 48.5 Å². The minimum atomic E-state index is -4.61. The van der Waals surface area contributed by atoms with Crippen LogP contribution in [0.2, 0.25) is 0 Å². The molecule has 0 atom stereocenters. The van der Waals surface area contributed by atoms with Crippen LogP contribution in [0.25, 0.3) is 0 Å². The molecule has 0 bridgehead atoms. The maximum atomic E-state index is 13.5. The molecule has 0 fully saturated rings. The normalized spacial score (nSPS) is 11.4. The van der Waals surface area contributed by atoms with Crippen LogP contribution in [0, 0.1) is 11.3 Å². The van der Waals surface area contributed by atoms with Gasteiger partial charge in [0.2, 0.25) is 5.91 Å². The molecule has 0 aromatic heterocycles. The number of anilines is 1. The van der Waals surface area contributed by atoms with E-state index in [1.807, 2.05) is 13.8 Å². The van der Waals surface area contributed by atoms with Crippen molar-refractivity contribution < 1.29 is 27.5 Å². The van der Waals surface area contributed by atoms with Gasteiger partial charge in [-0.1, -0.05) is 57.0 Å². The predicted octanol–water partition coefficient (Wildman–Crippen LogP) is 6.23. The molecule has 0 spiro atoms. The molecule has 34 heavy (non-hydrogen) atoms. The second-order valence-electron chi connectivity index (χ2n) is 7.96. The van der Waals surface area contributed by atoms with E-state index >= 15 is 0 Å². The topological polar surface area (TPSA) is 70.5 Å². The Balaban J connectivity index is 2.58. The molecule has 0 aliphatic carbocycles. The van der Waals surface area contributed by atoms with Gasteiger partial charge >= 0.3 is 12.1 Å². The lowest BCUT2D eigenvalue weighted by Gasteiger charge is -2.27. The molecule has 0 radical (unpaired) electrons. The van der Waals surface area contributed by atoms with E-state index in [0.717, 1.165) is 25.0 Å². The third kappa shape index (κ3) is 7.17. The maximum absolute atomic E-state index is 13.5. The summed E-state index contributed by atoms with van der Waals surface area (Å²) in [5, 5.41) is 8.65. The van der Waals surface area contributed by atoms with E-state index in [0.29, 0.717) is 5.56 Å². The lowest BCUT2D eigenvalue weighted by atomic mass is 9.96. The van der Waals surface area contributed by atoms with Crippen LogP contribution in [0.3, 0.4) is 0 Å². The molecule has 2 aromatic carbocycles. The number of nitrogens with zero attached hydrogens (tertiary/aromatic N) is 1. The second kappa shape index (κ2) is 12.3. The van der Waals surface area contributed by atoms with Gasteiger partial charge in [0.05, 0.1) is 30.0 Å². The van der Waals surface area contributed by atoms with Gasteiger partial charge in [-0.25, -0.2) is 0 Å². The molecule has 0 unspecified atom stereocenters. The van der Waals surface area contributed by atoms with E-state index in [1.54, 1.807) is 37.3 Å². The molecule has 0 saturated carbocycles. The Bertz CT molecular complexity index is 987. The van der Waals surface area contributed by atoms with Crippen molar-refractivity contribution in [2.45, 2.75) is 52.6 Å². The van der Waals surface area contributed by atoms with Crippen molar-refractivity contribution >= 4 is 23.3 Å². The average Bonchev–Trinajstić information content (AvgIpc) is 2.82. The molecule has 0 heterocycles. The molecule has 1 amide bonds. The Kier molecular flexibility index (Phi) is 9.83. The Labute approximate surface area is 198 Å². The zero-order valence-corrected chi connectivity index (χ0v) is 19.7. The lowest BCUT2D eigenvalue weighted by Crippen LogP contribution is -2.35. The van der Waals surface area contributed by atoms with E-state index in [-0.39, 0.29) is 54.8 Å². The summed E-state index contributed by atoms with van der Waals surface area (Å²) >= 11 is 0. The van der Waals surface area contributed by atoms with Gasteiger partial charge in [0, 0.05) is 24.1 Å². The third-order valence-corrected chi connectivity index (χ3v) is 5.71. The maximum Gasteiger partial charge on any atom is 0.416 e. The molecule has 0 saturated heterocycles. The minimum Gasteiger partial charge on any atom is -0.466 e. The first-order chi connectivity index (χ1) is 16.1. The zero-order chi connectivity index (χ0) is 25.3. The highest BCUT2D eigenvalue weighted by atomic mass is 19.4. The zero-order valence-electron chi connectivity index (χ0n) is 19.7.